The van der Waals surface area contributed by atoms with Crippen molar-refractivity contribution in [1.29, 1.82) is 0 Å². The monoisotopic (exact) mass is 819 g/mol. The van der Waals surface area contributed by atoms with Crippen LogP contribution in [-0.2, 0) is 49.1 Å². The molecule has 1 aromatic carbocycles. The van der Waals surface area contributed by atoms with Crippen molar-refractivity contribution in [3.8, 4) is 0 Å². The van der Waals surface area contributed by atoms with Crippen molar-refractivity contribution in [2.45, 2.75) is 89.4 Å². The second-order valence-electron chi connectivity index (χ2n) is 13.7. The number of nitrogens with zero attached hydrogens (tertiary/aromatic N) is 3. The van der Waals surface area contributed by atoms with E-state index in [9.17, 15) is 38.4 Å². The molecule has 0 radical (unpaired) electrons. The van der Waals surface area contributed by atoms with E-state index < -0.39 is 92.3 Å². The molecule has 22 heteroatoms. The van der Waals surface area contributed by atoms with E-state index in [4.69, 9.17) is 20.4 Å². The number of aromatic nitrogens is 2. The smallest absolute Gasteiger partial charge is 0.394 e. The highest BCUT2D eigenvalue weighted by Crippen LogP contribution is 2.38. The van der Waals surface area contributed by atoms with Crippen LogP contribution in [0.1, 0.15) is 51.8 Å². The van der Waals surface area contributed by atoms with Gasteiger partial charge in [-0.15, -0.1) is 0 Å². The number of allylic oxidation sites excluding steroid dienone is 1. The summed E-state index contributed by atoms with van der Waals surface area (Å²) in [5.74, 6) is -5.38. The minimum absolute atomic E-state index is 0.0471. The van der Waals surface area contributed by atoms with E-state index in [0.29, 0.717) is 11.3 Å². The number of hydrogen-bond donors (Lipinski definition) is 9. The van der Waals surface area contributed by atoms with Crippen LogP contribution in [0.3, 0.4) is 0 Å². The third-order valence-corrected chi connectivity index (χ3v) is 9.28. The Morgan fingerprint density at radius 1 is 1.04 bits per heavy atom. The maximum absolute atomic E-state index is 13.9. The number of amides is 6. The van der Waals surface area contributed by atoms with Gasteiger partial charge in [0.15, 0.2) is 0 Å². The molecular weight excluding hydrogens is 769 g/mol. The fourth-order valence-corrected chi connectivity index (χ4v) is 6.42. The third kappa shape index (κ3) is 14.5. The Bertz CT molecular complexity index is 1800. The molecule has 57 heavy (non-hydrogen) atoms. The number of aliphatic hydroxyl groups is 1. The number of carbonyl (C=O) groups excluding carboxylic acids is 6. The van der Waals surface area contributed by atoms with E-state index in [-0.39, 0.29) is 31.7 Å². The Labute approximate surface area is 328 Å². The molecule has 1 aliphatic heterocycles. The van der Waals surface area contributed by atoms with Crippen molar-refractivity contribution in [3.05, 3.63) is 60.7 Å². The molecular formula is C35H50N9O12P. The lowest BCUT2D eigenvalue weighted by Gasteiger charge is -2.28. The Kier molecular flexibility index (Phi) is 17.0. The number of phosphoric ester groups is 1. The Morgan fingerprint density at radius 3 is 2.23 bits per heavy atom. The summed E-state index contributed by atoms with van der Waals surface area (Å²) in [5, 5.41) is 23.6. The van der Waals surface area contributed by atoms with Gasteiger partial charge in [0, 0.05) is 31.7 Å². The SMILES string of the molecule is C=C(/C=N/OC1C[C@@H](C(=O)N[C@@H](CC(C)C)C(=O)N[C@@H](Cc2cnc[nH]2)C(=O)N[C@@H](CO)C(=O)N[C@H](C(N)=O)[C@@H](C)OP(=O)(O)O)N(C(C)=O)C1)c1ccccc1. The van der Waals surface area contributed by atoms with E-state index in [1.54, 1.807) is 13.8 Å². The lowest BCUT2D eigenvalue weighted by atomic mass is 10.0. The molecule has 1 fully saturated rings. The molecule has 2 aromatic rings. The Hall–Kier alpha value is -5.47. The van der Waals surface area contributed by atoms with Gasteiger partial charge in [0.25, 0.3) is 0 Å². The molecule has 0 saturated carbocycles. The number of oxime groups is 1. The number of hydrogen-bond acceptors (Lipinski definition) is 12. The molecule has 0 spiro atoms. The van der Waals surface area contributed by atoms with E-state index in [0.717, 1.165) is 12.5 Å². The molecule has 0 aliphatic carbocycles. The predicted molar refractivity (Wildman–Crippen MR) is 203 cm³/mol. The molecule has 1 aromatic heterocycles. The summed E-state index contributed by atoms with van der Waals surface area (Å²) >= 11 is 0. The van der Waals surface area contributed by atoms with Crippen LogP contribution in [0.4, 0.5) is 0 Å². The van der Waals surface area contributed by atoms with E-state index >= 15 is 0 Å². The van der Waals surface area contributed by atoms with Crippen molar-refractivity contribution < 1.29 is 57.6 Å². The van der Waals surface area contributed by atoms with Crippen molar-refractivity contribution in [2.75, 3.05) is 13.2 Å². The lowest BCUT2D eigenvalue weighted by molar-refractivity contribution is -0.139. The summed E-state index contributed by atoms with van der Waals surface area (Å²) in [6, 6.07) is 2.07. The quantitative estimate of drug-likeness (QED) is 0.0399. The highest BCUT2D eigenvalue weighted by molar-refractivity contribution is 7.46. The zero-order valence-corrected chi connectivity index (χ0v) is 32.8. The standard InChI is InChI=1S/C35H50N9O12P/c1-19(2)11-26(41-35(51)29-13-25(16-44(29)22(5)46)55-39-14-20(3)23-9-7-6-8-10-23)32(48)40-27(12-24-15-37-18-38-24)33(49)42-28(17-45)34(50)43-30(31(36)47)21(4)56-57(52,53)54/h6-10,14-15,18-19,21,25-30,45H,3,11-13,16-17H2,1-2,4-5H3,(H2,36,47)(H,37,38)(H,40,48)(H,41,51)(H,42,49)(H,43,50)(H2,52,53,54)/b39-14+/t21-,25?,26+,27+,28+,29+,30+/m1/s1. The summed E-state index contributed by atoms with van der Waals surface area (Å²) in [6.45, 7) is 8.96. The van der Waals surface area contributed by atoms with Crippen molar-refractivity contribution in [2.24, 2.45) is 16.8 Å². The normalized spacial score (nSPS) is 18.2. The second-order valence-corrected chi connectivity index (χ2v) is 14.9. The van der Waals surface area contributed by atoms with Crippen LogP contribution in [-0.4, -0.2) is 127 Å². The van der Waals surface area contributed by atoms with Crippen LogP contribution < -0.4 is 27.0 Å². The average Bonchev–Trinajstić information content (AvgIpc) is 3.82. The first kappa shape index (κ1) is 45.9. The first-order valence-corrected chi connectivity index (χ1v) is 19.4. The number of H-pyrrole nitrogens is 1. The number of aromatic amines is 1. The number of aliphatic hydroxyl groups excluding tert-OH is 1. The summed E-state index contributed by atoms with van der Waals surface area (Å²) in [5.41, 5.74) is 7.08. The van der Waals surface area contributed by atoms with Crippen LogP contribution >= 0.6 is 7.82 Å². The minimum Gasteiger partial charge on any atom is -0.394 e. The minimum atomic E-state index is -5.11. The maximum atomic E-state index is 13.9. The number of benzene rings is 1. The van der Waals surface area contributed by atoms with Crippen LogP contribution in [0.25, 0.3) is 5.57 Å². The number of phosphoric acid groups is 1. The molecule has 1 saturated heterocycles. The molecule has 1 aliphatic rings. The maximum Gasteiger partial charge on any atom is 0.469 e. The molecule has 1 unspecified atom stereocenters. The molecule has 0 bridgehead atoms. The van der Waals surface area contributed by atoms with Crippen LogP contribution in [0.2, 0.25) is 0 Å². The van der Waals surface area contributed by atoms with Crippen molar-refractivity contribution in [1.82, 2.24) is 36.1 Å². The zero-order chi connectivity index (χ0) is 42.4. The highest BCUT2D eigenvalue weighted by atomic mass is 31.2. The predicted octanol–water partition coefficient (Wildman–Crippen LogP) is -1.38. The number of likely N-dealkylation sites (tertiary alicyclic amines) is 1. The highest BCUT2D eigenvalue weighted by Gasteiger charge is 2.41. The topological polar surface area (TPSA) is 317 Å². The fraction of sp³-hybridized carbons (Fsp3) is 0.486. The average molecular weight is 820 g/mol. The van der Waals surface area contributed by atoms with Crippen molar-refractivity contribution >= 4 is 55.1 Å². The zero-order valence-electron chi connectivity index (χ0n) is 31.9. The second kappa shape index (κ2) is 21.2. The summed E-state index contributed by atoms with van der Waals surface area (Å²) in [4.78, 5) is 111. The van der Waals surface area contributed by atoms with Gasteiger partial charge in [-0.05, 0) is 30.4 Å². The van der Waals surface area contributed by atoms with Gasteiger partial charge in [0.1, 0.15) is 36.3 Å². The summed E-state index contributed by atoms with van der Waals surface area (Å²) in [6.07, 6.45) is 1.84. The molecule has 6 amide bonds. The number of imidazole rings is 1. The first-order chi connectivity index (χ1) is 26.8. The first-order valence-electron chi connectivity index (χ1n) is 17.8. The number of primary amides is 1. The fourth-order valence-electron chi connectivity index (χ4n) is 5.86. The molecule has 10 N–H and O–H groups in total. The molecule has 3 rings (SSSR count). The van der Waals surface area contributed by atoms with Gasteiger partial charge in [0.2, 0.25) is 35.4 Å². The Morgan fingerprint density at radius 2 is 1.67 bits per heavy atom. The summed E-state index contributed by atoms with van der Waals surface area (Å²) < 4.78 is 15.7. The van der Waals surface area contributed by atoms with Gasteiger partial charge in [-0.25, -0.2) is 9.55 Å². The van der Waals surface area contributed by atoms with Crippen LogP contribution in [0.15, 0.2) is 54.6 Å². The van der Waals surface area contributed by atoms with E-state index in [2.05, 4.69) is 47.5 Å². The van der Waals surface area contributed by atoms with Gasteiger partial charge in [-0.3, -0.25) is 33.3 Å². The van der Waals surface area contributed by atoms with Gasteiger partial charge in [-0.1, -0.05) is 55.9 Å². The van der Waals surface area contributed by atoms with E-state index in [1.165, 1.54) is 30.6 Å². The number of rotatable bonds is 21. The van der Waals surface area contributed by atoms with Gasteiger partial charge < -0.3 is 56.6 Å². The van der Waals surface area contributed by atoms with Crippen LogP contribution in [0.5, 0.6) is 0 Å². The van der Waals surface area contributed by atoms with Crippen molar-refractivity contribution in [3.63, 3.8) is 0 Å². The number of carbonyl (C=O) groups is 6. The molecule has 21 nitrogen and oxygen atoms in total. The number of nitrogens with two attached hydrogens (primary N) is 1. The van der Waals surface area contributed by atoms with E-state index in [1.807, 2.05) is 30.3 Å². The lowest BCUT2D eigenvalue weighted by Crippen LogP contribution is -2.61. The largest absolute Gasteiger partial charge is 0.469 e. The van der Waals surface area contributed by atoms with Gasteiger partial charge >= 0.3 is 7.82 Å². The molecule has 312 valence electrons. The Balaban J connectivity index is 1.75. The van der Waals surface area contributed by atoms with Gasteiger partial charge in [0.05, 0.1) is 31.8 Å². The van der Waals surface area contributed by atoms with Crippen LogP contribution in [0, 0.1) is 5.92 Å². The molecule has 7 atom stereocenters. The number of nitrogens with one attached hydrogen (secondary N) is 5. The third-order valence-electron chi connectivity index (χ3n) is 8.68. The molecule has 2 heterocycles. The van der Waals surface area contributed by atoms with Gasteiger partial charge in [-0.2, -0.15) is 0 Å². The summed E-state index contributed by atoms with van der Waals surface area (Å²) in [7, 11) is -5.11.